The highest BCUT2D eigenvalue weighted by atomic mass is 32.2. The van der Waals surface area contributed by atoms with Crippen molar-refractivity contribution in [1.82, 2.24) is 5.48 Å². The van der Waals surface area contributed by atoms with Gasteiger partial charge in [-0.15, -0.1) is 0 Å². The zero-order valence-corrected chi connectivity index (χ0v) is 18.9. The van der Waals surface area contributed by atoms with Gasteiger partial charge in [-0.1, -0.05) is 12.1 Å². The number of fused-ring (bicyclic) bond motifs is 1. The van der Waals surface area contributed by atoms with Crippen molar-refractivity contribution in [2.45, 2.75) is 37.3 Å². The average Bonchev–Trinajstić information content (AvgIpc) is 2.76. The summed E-state index contributed by atoms with van der Waals surface area (Å²) in [4.78, 5) is 25.8. The second-order valence-electron chi connectivity index (χ2n) is 8.05. The zero-order valence-electron chi connectivity index (χ0n) is 18.1. The van der Waals surface area contributed by atoms with Crippen LogP contribution in [0.25, 0.3) is 0 Å². The van der Waals surface area contributed by atoms with E-state index in [0.29, 0.717) is 5.75 Å². The molecule has 1 atom stereocenters. The molecule has 2 amide bonds. The molecule has 0 radical (unpaired) electrons. The van der Waals surface area contributed by atoms with Gasteiger partial charge < -0.3 is 9.47 Å². The number of sulfonamides is 1. The van der Waals surface area contributed by atoms with E-state index in [1.165, 1.54) is 42.9 Å². The van der Waals surface area contributed by atoms with Gasteiger partial charge in [0.2, 0.25) is 0 Å². The van der Waals surface area contributed by atoms with Crippen molar-refractivity contribution in [3.8, 4) is 5.75 Å². The molecular weight excluding hydrogens is 438 g/mol. The van der Waals surface area contributed by atoms with E-state index in [1.54, 1.807) is 18.2 Å². The second-order valence-corrected chi connectivity index (χ2v) is 9.86. The molecule has 0 spiro atoms. The summed E-state index contributed by atoms with van der Waals surface area (Å²) < 4.78 is 38.6. The number of amides is 2. The molecule has 0 fully saturated rings. The van der Waals surface area contributed by atoms with E-state index < -0.39 is 33.7 Å². The Morgan fingerprint density at radius 3 is 2.19 bits per heavy atom. The van der Waals surface area contributed by atoms with E-state index >= 15 is 0 Å². The number of carbonyl (C=O) groups excluding carboxylic acids is 2. The number of ether oxygens (including phenoxy) is 2. The van der Waals surface area contributed by atoms with Crippen LogP contribution in [0.1, 0.15) is 20.8 Å². The van der Waals surface area contributed by atoms with Gasteiger partial charge in [0.25, 0.3) is 15.9 Å². The third kappa shape index (κ3) is 4.48. The fourth-order valence-corrected chi connectivity index (χ4v) is 5.00. The molecule has 10 nitrogen and oxygen atoms in total. The number of nitrogens with one attached hydrogen (secondary N) is 1. The van der Waals surface area contributed by atoms with Crippen molar-refractivity contribution in [3.05, 3.63) is 48.5 Å². The smallest absolute Gasteiger partial charge is 0.414 e. The molecule has 11 heteroatoms. The monoisotopic (exact) mass is 463 g/mol. The lowest BCUT2D eigenvalue weighted by molar-refractivity contribution is -0.130. The number of para-hydroxylation sites is 2. The highest BCUT2D eigenvalue weighted by Crippen LogP contribution is 2.39. The highest BCUT2D eigenvalue weighted by Gasteiger charge is 2.44. The number of hydrogen-bond acceptors (Lipinski definition) is 7. The van der Waals surface area contributed by atoms with Crippen LogP contribution in [0.3, 0.4) is 0 Å². The van der Waals surface area contributed by atoms with Crippen LogP contribution in [0.2, 0.25) is 0 Å². The van der Waals surface area contributed by atoms with Crippen LogP contribution in [-0.4, -0.2) is 50.9 Å². The van der Waals surface area contributed by atoms with Crippen LogP contribution in [0.15, 0.2) is 53.4 Å². The Morgan fingerprint density at radius 2 is 1.66 bits per heavy atom. The lowest BCUT2D eigenvalue weighted by atomic mass is 10.1. The summed E-state index contributed by atoms with van der Waals surface area (Å²) >= 11 is 0. The van der Waals surface area contributed by atoms with Crippen molar-refractivity contribution in [2.75, 3.05) is 22.9 Å². The summed E-state index contributed by atoms with van der Waals surface area (Å²) in [6.07, 6.45) is -0.770. The fourth-order valence-electron chi connectivity index (χ4n) is 3.38. The van der Waals surface area contributed by atoms with Crippen LogP contribution in [0.5, 0.6) is 5.75 Å². The van der Waals surface area contributed by atoms with Crippen LogP contribution >= 0.6 is 0 Å². The van der Waals surface area contributed by atoms with Gasteiger partial charge in [0.1, 0.15) is 17.4 Å². The Hall–Kier alpha value is -3.31. The normalized spacial score (nSPS) is 16.2. The van der Waals surface area contributed by atoms with E-state index in [-0.39, 0.29) is 22.8 Å². The molecule has 0 aliphatic carbocycles. The van der Waals surface area contributed by atoms with Gasteiger partial charge in [-0.25, -0.2) is 23.0 Å². The Balaban J connectivity index is 2.11. The first kappa shape index (κ1) is 23.4. The van der Waals surface area contributed by atoms with E-state index in [9.17, 15) is 23.2 Å². The van der Waals surface area contributed by atoms with Crippen molar-refractivity contribution >= 4 is 33.4 Å². The molecule has 1 aliphatic rings. The summed E-state index contributed by atoms with van der Waals surface area (Å²) in [7, 11) is -3.09. The van der Waals surface area contributed by atoms with E-state index in [4.69, 9.17) is 9.47 Å². The van der Waals surface area contributed by atoms with Gasteiger partial charge in [0.05, 0.1) is 29.9 Å². The maximum Gasteiger partial charge on any atom is 0.414 e. The van der Waals surface area contributed by atoms with Gasteiger partial charge in [0.15, 0.2) is 0 Å². The third-order valence-electron chi connectivity index (χ3n) is 4.66. The second kappa shape index (κ2) is 8.67. The Kier molecular flexibility index (Phi) is 6.33. The van der Waals surface area contributed by atoms with E-state index in [2.05, 4.69) is 0 Å². The number of hydroxylamine groups is 1. The van der Waals surface area contributed by atoms with Crippen LogP contribution in [-0.2, 0) is 19.6 Å². The average molecular weight is 464 g/mol. The van der Waals surface area contributed by atoms with Crippen molar-refractivity contribution < 1.29 is 32.7 Å². The molecule has 1 aliphatic heterocycles. The number of nitrogens with zero attached hydrogens (tertiary/aromatic N) is 2. The first-order chi connectivity index (χ1) is 15.0. The molecule has 172 valence electrons. The van der Waals surface area contributed by atoms with Crippen LogP contribution < -0.4 is 19.4 Å². The fraction of sp³-hybridized carbons (Fsp3) is 0.333. The van der Waals surface area contributed by atoms with Crippen molar-refractivity contribution in [3.63, 3.8) is 0 Å². The molecule has 2 N–H and O–H groups in total. The Morgan fingerprint density at radius 1 is 1.06 bits per heavy atom. The molecule has 2 aromatic rings. The predicted molar refractivity (Wildman–Crippen MR) is 116 cm³/mol. The molecular formula is C21H25N3O7S. The summed E-state index contributed by atoms with van der Waals surface area (Å²) in [6, 6.07) is 10.6. The summed E-state index contributed by atoms with van der Waals surface area (Å²) in [5, 5.41) is 9.24. The number of benzene rings is 2. The highest BCUT2D eigenvalue weighted by molar-refractivity contribution is 7.93. The van der Waals surface area contributed by atoms with Gasteiger partial charge in [-0.05, 0) is 57.2 Å². The van der Waals surface area contributed by atoms with Gasteiger partial charge >= 0.3 is 6.09 Å². The van der Waals surface area contributed by atoms with Gasteiger partial charge in [-0.2, -0.15) is 0 Å². The minimum absolute atomic E-state index is 0.0872. The molecule has 0 unspecified atom stereocenters. The summed E-state index contributed by atoms with van der Waals surface area (Å²) in [5.74, 6) is -0.512. The number of hydrogen-bond donors (Lipinski definition) is 2. The molecule has 0 saturated carbocycles. The quantitative estimate of drug-likeness (QED) is 0.527. The lowest BCUT2D eigenvalue weighted by Crippen LogP contribution is -2.58. The maximum atomic E-state index is 13.6. The Labute approximate surface area is 186 Å². The van der Waals surface area contributed by atoms with E-state index in [0.717, 1.165) is 9.21 Å². The number of carbonyl (C=O) groups is 2. The maximum absolute atomic E-state index is 13.6. The molecule has 0 saturated heterocycles. The number of rotatable bonds is 4. The zero-order chi connectivity index (χ0) is 23.7. The predicted octanol–water partition coefficient (Wildman–Crippen LogP) is 2.52. The first-order valence-electron chi connectivity index (χ1n) is 9.71. The molecule has 32 heavy (non-hydrogen) atoms. The van der Waals surface area contributed by atoms with Crippen molar-refractivity contribution in [1.29, 1.82) is 0 Å². The summed E-state index contributed by atoms with van der Waals surface area (Å²) in [5.41, 5.74) is 1.36. The van der Waals surface area contributed by atoms with Gasteiger partial charge in [0, 0.05) is 0 Å². The SMILES string of the molecule is COC(=O)N1C[C@H](C(=O)NO)N(S(=O)(=O)c2ccc(OC(C)(C)C)cc2)c2ccccc21. The minimum atomic E-state index is -4.27. The molecule has 2 aromatic carbocycles. The molecule has 0 bridgehead atoms. The Bertz CT molecular complexity index is 1110. The number of methoxy groups -OCH3 is 1. The third-order valence-corrected chi connectivity index (χ3v) is 6.50. The van der Waals surface area contributed by atoms with Gasteiger partial charge in [-0.3, -0.25) is 14.9 Å². The molecule has 0 aromatic heterocycles. The summed E-state index contributed by atoms with van der Waals surface area (Å²) in [6.45, 7) is 5.24. The molecule has 3 rings (SSSR count). The van der Waals surface area contributed by atoms with E-state index in [1.807, 2.05) is 20.8 Å². The standard InChI is InChI=1S/C21H25N3O7S/c1-21(2,3)31-14-9-11-15(12-10-14)32(28,29)24-17-8-6-5-7-16(17)23(20(26)30-4)13-18(24)19(25)22-27/h5-12,18,27H,13H2,1-4H3,(H,22,25)/t18-/m1/s1. The first-order valence-corrected chi connectivity index (χ1v) is 11.2. The van der Waals surface area contributed by atoms with Crippen LogP contribution in [0, 0.1) is 0 Å². The van der Waals surface area contributed by atoms with Crippen molar-refractivity contribution in [2.24, 2.45) is 0 Å². The lowest BCUT2D eigenvalue weighted by Gasteiger charge is -2.40. The molecule has 1 heterocycles. The van der Waals surface area contributed by atoms with Crippen LogP contribution in [0.4, 0.5) is 16.2 Å². The minimum Gasteiger partial charge on any atom is -0.488 e. The largest absolute Gasteiger partial charge is 0.488 e. The topological polar surface area (TPSA) is 125 Å². The number of anilines is 2.